The maximum Gasteiger partial charge on any atom is 0.197 e. The summed E-state index contributed by atoms with van der Waals surface area (Å²) in [5.41, 5.74) is 7.75. The van der Waals surface area contributed by atoms with Crippen molar-refractivity contribution in [2.45, 2.75) is 37.0 Å². The van der Waals surface area contributed by atoms with Crippen molar-refractivity contribution in [2.75, 3.05) is 6.54 Å². The Morgan fingerprint density at radius 3 is 2.86 bits per heavy atom. The van der Waals surface area contributed by atoms with E-state index in [1.165, 1.54) is 17.3 Å². The predicted molar refractivity (Wildman–Crippen MR) is 86.9 cm³/mol. The molecule has 7 heteroatoms. The smallest absolute Gasteiger partial charge is 0.197 e. The molecule has 6 nitrogen and oxygen atoms in total. The molecule has 0 radical (unpaired) electrons. The van der Waals surface area contributed by atoms with Crippen LogP contribution in [-0.2, 0) is 13.0 Å². The molecular formula is C15H18N6S. The van der Waals surface area contributed by atoms with Crippen molar-refractivity contribution in [3.63, 3.8) is 0 Å². The normalized spacial score (nSPS) is 11.2. The molecule has 0 aliphatic carbocycles. The van der Waals surface area contributed by atoms with E-state index in [9.17, 15) is 0 Å². The third-order valence-electron chi connectivity index (χ3n) is 3.42. The first-order valence-corrected chi connectivity index (χ1v) is 8.06. The number of fused-ring (bicyclic) bond motifs is 1. The molecule has 3 aromatic rings. The topological polar surface area (TPSA) is 82.5 Å². The second-order valence-electron chi connectivity index (χ2n) is 4.98. The second-order valence-corrected chi connectivity index (χ2v) is 5.94. The van der Waals surface area contributed by atoms with Crippen molar-refractivity contribution in [3.05, 3.63) is 35.9 Å². The first kappa shape index (κ1) is 14.9. The molecule has 0 fully saturated rings. The highest BCUT2D eigenvalue weighted by molar-refractivity contribution is 7.99. The van der Waals surface area contributed by atoms with Crippen LogP contribution in [0, 0.1) is 6.92 Å². The zero-order valence-electron chi connectivity index (χ0n) is 12.7. The summed E-state index contributed by atoms with van der Waals surface area (Å²) in [7, 11) is 0. The third-order valence-corrected chi connectivity index (χ3v) is 4.42. The van der Waals surface area contributed by atoms with E-state index in [4.69, 9.17) is 5.73 Å². The van der Waals surface area contributed by atoms with Crippen LogP contribution in [0.4, 0.5) is 0 Å². The molecule has 2 N–H and O–H groups in total. The van der Waals surface area contributed by atoms with Gasteiger partial charge in [-0.3, -0.25) is 0 Å². The van der Waals surface area contributed by atoms with Crippen LogP contribution >= 0.6 is 11.8 Å². The highest BCUT2D eigenvalue weighted by Gasteiger charge is 2.14. The molecule has 0 bridgehead atoms. The van der Waals surface area contributed by atoms with Crippen LogP contribution in [0.2, 0.25) is 0 Å². The molecule has 1 aromatic carbocycles. The zero-order valence-corrected chi connectivity index (χ0v) is 13.5. The van der Waals surface area contributed by atoms with E-state index in [1.54, 1.807) is 6.33 Å². The molecule has 0 spiro atoms. The molecule has 114 valence electrons. The minimum atomic E-state index is 0.568. The first-order valence-electron chi connectivity index (χ1n) is 7.24. The fraction of sp³-hybridized carbons (Fsp3) is 0.333. The Morgan fingerprint density at radius 1 is 1.23 bits per heavy atom. The minimum Gasteiger partial charge on any atom is -0.330 e. The highest BCUT2D eigenvalue weighted by atomic mass is 32.2. The van der Waals surface area contributed by atoms with Crippen molar-refractivity contribution < 1.29 is 0 Å². The molecule has 0 aliphatic heterocycles. The lowest BCUT2D eigenvalue weighted by molar-refractivity contribution is 0.640. The van der Waals surface area contributed by atoms with Crippen LogP contribution in [0.1, 0.15) is 18.3 Å². The summed E-state index contributed by atoms with van der Waals surface area (Å²) in [5, 5.41) is 11.3. The lowest BCUT2D eigenvalue weighted by Gasteiger charge is -2.07. The van der Waals surface area contributed by atoms with Crippen molar-refractivity contribution in [1.82, 2.24) is 24.7 Å². The molecule has 0 saturated heterocycles. The molecule has 2 heterocycles. The molecule has 0 aliphatic rings. The Bertz CT molecular complexity index is 798. The van der Waals surface area contributed by atoms with Gasteiger partial charge in [-0.05, 0) is 44.3 Å². The van der Waals surface area contributed by atoms with Gasteiger partial charge in [0.25, 0.3) is 0 Å². The summed E-state index contributed by atoms with van der Waals surface area (Å²) < 4.78 is 2.08. The van der Waals surface area contributed by atoms with Crippen LogP contribution in [0.25, 0.3) is 10.9 Å². The monoisotopic (exact) mass is 314 g/mol. The fourth-order valence-electron chi connectivity index (χ4n) is 2.34. The fourth-order valence-corrected chi connectivity index (χ4v) is 3.31. The molecule has 0 saturated carbocycles. The van der Waals surface area contributed by atoms with Crippen molar-refractivity contribution in [1.29, 1.82) is 0 Å². The number of hydrogen-bond donors (Lipinski definition) is 1. The molecular weight excluding hydrogens is 296 g/mol. The lowest BCUT2D eigenvalue weighted by atomic mass is 10.2. The van der Waals surface area contributed by atoms with Crippen molar-refractivity contribution >= 4 is 22.7 Å². The van der Waals surface area contributed by atoms with Crippen molar-refractivity contribution in [3.8, 4) is 0 Å². The number of nitrogens with two attached hydrogens (primary N) is 1. The average Bonchev–Trinajstić information content (AvgIpc) is 2.90. The van der Waals surface area contributed by atoms with Gasteiger partial charge in [-0.1, -0.05) is 11.6 Å². The van der Waals surface area contributed by atoms with Crippen LogP contribution < -0.4 is 5.73 Å². The zero-order chi connectivity index (χ0) is 15.5. The van der Waals surface area contributed by atoms with Gasteiger partial charge in [0.15, 0.2) is 5.16 Å². The summed E-state index contributed by atoms with van der Waals surface area (Å²) in [5.74, 6) is 0.919. The molecule has 2 aromatic heterocycles. The number of aryl methyl sites for hydroxylation is 1. The van der Waals surface area contributed by atoms with Gasteiger partial charge in [-0.25, -0.2) is 9.97 Å². The largest absolute Gasteiger partial charge is 0.330 e. The Morgan fingerprint density at radius 2 is 2.09 bits per heavy atom. The van der Waals surface area contributed by atoms with Crippen LogP contribution in [0.5, 0.6) is 0 Å². The van der Waals surface area contributed by atoms with Crippen LogP contribution in [0.15, 0.2) is 34.7 Å². The first-order chi connectivity index (χ1) is 10.7. The van der Waals surface area contributed by atoms with E-state index in [-0.39, 0.29) is 0 Å². The standard InChI is InChI=1S/C15H18N6S/c1-3-21-13(6-7-16)19-20-15(21)22-14-11-8-10(2)4-5-12(11)17-9-18-14/h4-5,8-9H,3,6-7,16H2,1-2H3. The number of aromatic nitrogens is 5. The number of nitrogens with zero attached hydrogens (tertiary/aromatic N) is 5. The highest BCUT2D eigenvalue weighted by Crippen LogP contribution is 2.30. The summed E-state index contributed by atoms with van der Waals surface area (Å²) >= 11 is 1.52. The van der Waals surface area contributed by atoms with E-state index in [1.807, 2.05) is 6.07 Å². The summed E-state index contributed by atoms with van der Waals surface area (Å²) in [4.78, 5) is 8.74. The molecule has 0 amide bonds. The van der Waals surface area contributed by atoms with E-state index in [0.29, 0.717) is 6.54 Å². The quantitative estimate of drug-likeness (QED) is 0.727. The third kappa shape index (κ3) is 2.82. The Balaban J connectivity index is 2.01. The van der Waals surface area contributed by atoms with Gasteiger partial charge in [-0.15, -0.1) is 10.2 Å². The van der Waals surface area contributed by atoms with Gasteiger partial charge >= 0.3 is 0 Å². The Labute approximate surface area is 133 Å². The lowest BCUT2D eigenvalue weighted by Crippen LogP contribution is -2.10. The van der Waals surface area contributed by atoms with Crippen molar-refractivity contribution in [2.24, 2.45) is 5.73 Å². The van der Waals surface area contributed by atoms with E-state index < -0.39 is 0 Å². The molecule has 3 rings (SSSR count). The molecule has 22 heavy (non-hydrogen) atoms. The second kappa shape index (κ2) is 6.41. The maximum atomic E-state index is 5.63. The SMILES string of the molecule is CCn1c(CCN)nnc1Sc1ncnc2ccc(C)cc12. The average molecular weight is 314 g/mol. The van der Waals surface area contributed by atoms with Gasteiger partial charge in [0, 0.05) is 18.4 Å². The summed E-state index contributed by atoms with van der Waals surface area (Å²) in [6, 6.07) is 6.17. The van der Waals surface area contributed by atoms with Gasteiger partial charge in [0.2, 0.25) is 0 Å². The number of rotatable bonds is 5. The van der Waals surface area contributed by atoms with Gasteiger partial charge in [0.1, 0.15) is 17.2 Å². The van der Waals surface area contributed by atoms with E-state index in [0.717, 1.165) is 39.9 Å². The number of benzene rings is 1. The molecule has 0 atom stereocenters. The predicted octanol–water partition coefficient (Wildman–Crippen LogP) is 2.20. The van der Waals surface area contributed by atoms with Gasteiger partial charge < -0.3 is 10.3 Å². The Hall–Kier alpha value is -1.99. The van der Waals surface area contributed by atoms with Crippen LogP contribution in [0.3, 0.4) is 0 Å². The van der Waals surface area contributed by atoms with E-state index >= 15 is 0 Å². The molecule has 0 unspecified atom stereocenters. The summed E-state index contributed by atoms with van der Waals surface area (Å²) in [6.45, 7) is 5.52. The van der Waals surface area contributed by atoms with Gasteiger partial charge in [0.05, 0.1) is 5.52 Å². The van der Waals surface area contributed by atoms with E-state index in [2.05, 4.69) is 50.7 Å². The Kier molecular flexibility index (Phi) is 4.35. The van der Waals surface area contributed by atoms with Crippen LogP contribution in [-0.4, -0.2) is 31.3 Å². The van der Waals surface area contributed by atoms with Gasteiger partial charge in [-0.2, -0.15) is 0 Å². The minimum absolute atomic E-state index is 0.568. The summed E-state index contributed by atoms with van der Waals surface area (Å²) in [6.07, 6.45) is 2.32. The number of hydrogen-bond acceptors (Lipinski definition) is 6. The maximum absolute atomic E-state index is 5.63.